The molecule has 2 heterocycles. The van der Waals surface area contributed by atoms with Crippen LogP contribution in [-0.2, 0) is 4.79 Å². The minimum absolute atomic E-state index is 0.200. The fourth-order valence-electron chi connectivity index (χ4n) is 3.41. The minimum Gasteiger partial charge on any atom is -0.390 e. The smallest absolute Gasteiger partial charge is 0.230 e. The quantitative estimate of drug-likeness (QED) is 0.798. The van der Waals surface area contributed by atoms with Crippen LogP contribution >= 0.6 is 0 Å². The van der Waals surface area contributed by atoms with Gasteiger partial charge in [0.05, 0.1) is 11.0 Å². The van der Waals surface area contributed by atoms with E-state index in [0.29, 0.717) is 18.9 Å². The van der Waals surface area contributed by atoms with Crippen molar-refractivity contribution in [2.24, 2.45) is 5.41 Å². The van der Waals surface area contributed by atoms with Crippen LogP contribution in [-0.4, -0.2) is 47.7 Å². The Balaban J connectivity index is 2.05. The lowest BCUT2D eigenvalue weighted by Crippen LogP contribution is -2.52. The second-order valence-electron chi connectivity index (χ2n) is 6.56. The lowest BCUT2D eigenvalue weighted by molar-refractivity contribution is -0.143. The number of rotatable bonds is 2. The predicted molar refractivity (Wildman–Crippen MR) is 75.9 cm³/mol. The summed E-state index contributed by atoms with van der Waals surface area (Å²) in [5, 5.41) is 13.5. The third kappa shape index (κ3) is 3.29. The average Bonchev–Trinajstić information content (AvgIpc) is 2.59. The Morgan fingerprint density at radius 1 is 1.26 bits per heavy atom. The van der Waals surface area contributed by atoms with Crippen molar-refractivity contribution in [2.75, 3.05) is 26.2 Å². The normalized spacial score (nSPS) is 36.9. The van der Waals surface area contributed by atoms with E-state index in [2.05, 4.69) is 12.2 Å². The third-order valence-electron chi connectivity index (χ3n) is 4.95. The fourth-order valence-corrected chi connectivity index (χ4v) is 3.41. The molecule has 0 bridgehead atoms. The molecular weight excluding hydrogens is 240 g/mol. The highest BCUT2D eigenvalue weighted by molar-refractivity contribution is 5.83. The number of piperidine rings is 1. The van der Waals surface area contributed by atoms with Gasteiger partial charge in [0.25, 0.3) is 0 Å². The topological polar surface area (TPSA) is 52.6 Å². The molecule has 110 valence electrons. The average molecular weight is 268 g/mol. The Morgan fingerprint density at radius 3 is 2.68 bits per heavy atom. The molecule has 2 N–H and O–H groups in total. The summed E-state index contributed by atoms with van der Waals surface area (Å²) in [4.78, 5) is 14.9. The van der Waals surface area contributed by atoms with Crippen LogP contribution in [0.1, 0.15) is 52.4 Å². The maximum absolute atomic E-state index is 12.9. The van der Waals surface area contributed by atoms with E-state index in [1.807, 2.05) is 11.8 Å². The van der Waals surface area contributed by atoms with Gasteiger partial charge >= 0.3 is 0 Å². The van der Waals surface area contributed by atoms with Crippen molar-refractivity contribution in [2.45, 2.75) is 58.0 Å². The zero-order valence-corrected chi connectivity index (χ0v) is 12.4. The van der Waals surface area contributed by atoms with Crippen molar-refractivity contribution in [3.63, 3.8) is 0 Å². The summed E-state index contributed by atoms with van der Waals surface area (Å²) < 4.78 is 0. The number of nitrogens with one attached hydrogen (secondary N) is 1. The lowest BCUT2D eigenvalue weighted by atomic mass is 9.77. The van der Waals surface area contributed by atoms with Crippen LogP contribution < -0.4 is 5.32 Å². The second-order valence-corrected chi connectivity index (χ2v) is 6.56. The molecule has 0 aromatic heterocycles. The molecule has 0 saturated carbocycles. The van der Waals surface area contributed by atoms with Crippen molar-refractivity contribution in [3.05, 3.63) is 0 Å². The maximum Gasteiger partial charge on any atom is 0.230 e. The molecular formula is C15H28N2O2. The zero-order chi connectivity index (χ0) is 13.9. The first-order valence-electron chi connectivity index (χ1n) is 7.72. The SMILES string of the molecule is CCC1(C(=O)N2CCCC(C)(O)CC2)CCCNC1. The first-order valence-corrected chi connectivity index (χ1v) is 7.72. The molecule has 2 saturated heterocycles. The molecule has 0 aromatic carbocycles. The van der Waals surface area contributed by atoms with Crippen LogP contribution in [0.4, 0.5) is 0 Å². The van der Waals surface area contributed by atoms with E-state index >= 15 is 0 Å². The molecule has 2 unspecified atom stereocenters. The number of carbonyl (C=O) groups excluding carboxylic acids is 1. The van der Waals surface area contributed by atoms with Crippen LogP contribution in [0, 0.1) is 5.41 Å². The molecule has 2 aliphatic heterocycles. The Hall–Kier alpha value is -0.610. The first-order chi connectivity index (χ1) is 8.99. The Morgan fingerprint density at radius 2 is 2.05 bits per heavy atom. The number of nitrogens with zero attached hydrogens (tertiary/aromatic N) is 1. The largest absolute Gasteiger partial charge is 0.390 e. The lowest BCUT2D eigenvalue weighted by Gasteiger charge is -2.39. The van der Waals surface area contributed by atoms with Crippen molar-refractivity contribution >= 4 is 5.91 Å². The number of aliphatic hydroxyl groups is 1. The molecule has 0 radical (unpaired) electrons. The zero-order valence-electron chi connectivity index (χ0n) is 12.4. The van der Waals surface area contributed by atoms with Crippen molar-refractivity contribution in [3.8, 4) is 0 Å². The van der Waals surface area contributed by atoms with Crippen molar-refractivity contribution in [1.29, 1.82) is 0 Å². The summed E-state index contributed by atoms with van der Waals surface area (Å²) in [7, 11) is 0. The summed E-state index contributed by atoms with van der Waals surface area (Å²) in [5.74, 6) is 0.305. The van der Waals surface area contributed by atoms with Gasteiger partial charge in [0.1, 0.15) is 0 Å². The predicted octanol–water partition coefficient (Wildman–Crippen LogP) is 1.53. The molecule has 1 amide bonds. The van der Waals surface area contributed by atoms with Gasteiger partial charge < -0.3 is 15.3 Å². The highest BCUT2D eigenvalue weighted by atomic mass is 16.3. The van der Waals surface area contributed by atoms with E-state index in [4.69, 9.17) is 0 Å². The van der Waals surface area contributed by atoms with E-state index in [-0.39, 0.29) is 5.41 Å². The minimum atomic E-state index is -0.598. The van der Waals surface area contributed by atoms with Gasteiger partial charge in [0.15, 0.2) is 0 Å². The van der Waals surface area contributed by atoms with Gasteiger partial charge in [-0.2, -0.15) is 0 Å². The second kappa shape index (κ2) is 5.80. The van der Waals surface area contributed by atoms with Gasteiger partial charge in [0.2, 0.25) is 5.91 Å². The van der Waals surface area contributed by atoms with E-state index < -0.39 is 5.60 Å². The van der Waals surface area contributed by atoms with Crippen LogP contribution in [0.5, 0.6) is 0 Å². The summed E-state index contributed by atoms with van der Waals surface area (Å²) in [5.41, 5.74) is -0.798. The van der Waals surface area contributed by atoms with Gasteiger partial charge in [-0.05, 0) is 52.0 Å². The van der Waals surface area contributed by atoms with Gasteiger partial charge in [-0.1, -0.05) is 6.92 Å². The van der Waals surface area contributed by atoms with Crippen LogP contribution in [0.15, 0.2) is 0 Å². The number of hydrogen-bond acceptors (Lipinski definition) is 3. The number of likely N-dealkylation sites (tertiary alicyclic amines) is 1. The molecule has 2 atom stereocenters. The maximum atomic E-state index is 12.9. The first kappa shape index (κ1) is 14.8. The monoisotopic (exact) mass is 268 g/mol. The van der Waals surface area contributed by atoms with Crippen molar-refractivity contribution < 1.29 is 9.90 Å². The molecule has 0 aromatic rings. The molecule has 0 spiro atoms. The standard InChI is InChI=1S/C15H28N2O2/c1-3-15(7-4-9-16-12-15)13(18)17-10-5-6-14(2,19)8-11-17/h16,19H,3-12H2,1-2H3. The van der Waals surface area contributed by atoms with Gasteiger partial charge in [-0.25, -0.2) is 0 Å². The van der Waals surface area contributed by atoms with E-state index in [0.717, 1.165) is 51.7 Å². The Kier molecular flexibility index (Phi) is 4.51. The summed E-state index contributed by atoms with van der Waals surface area (Å²) in [6.07, 6.45) is 5.41. The van der Waals surface area contributed by atoms with Crippen LogP contribution in [0.25, 0.3) is 0 Å². The third-order valence-corrected chi connectivity index (χ3v) is 4.95. The summed E-state index contributed by atoms with van der Waals surface area (Å²) >= 11 is 0. The summed E-state index contributed by atoms with van der Waals surface area (Å²) in [6, 6.07) is 0. The Bertz CT molecular complexity index is 322. The van der Waals surface area contributed by atoms with Crippen LogP contribution in [0.3, 0.4) is 0 Å². The van der Waals surface area contributed by atoms with Gasteiger partial charge in [-0.15, -0.1) is 0 Å². The van der Waals surface area contributed by atoms with Gasteiger partial charge in [-0.3, -0.25) is 4.79 Å². The number of carbonyl (C=O) groups is 1. The molecule has 2 fully saturated rings. The highest BCUT2D eigenvalue weighted by Gasteiger charge is 2.41. The molecule has 4 nitrogen and oxygen atoms in total. The van der Waals surface area contributed by atoms with E-state index in [1.165, 1.54) is 0 Å². The molecule has 19 heavy (non-hydrogen) atoms. The highest BCUT2D eigenvalue weighted by Crippen LogP contribution is 2.33. The molecule has 0 aliphatic carbocycles. The summed E-state index contributed by atoms with van der Waals surface area (Å²) in [6.45, 7) is 7.36. The molecule has 2 aliphatic rings. The van der Waals surface area contributed by atoms with Crippen LogP contribution in [0.2, 0.25) is 0 Å². The number of amides is 1. The fraction of sp³-hybridized carbons (Fsp3) is 0.933. The molecule has 2 rings (SSSR count). The molecule has 4 heteroatoms. The van der Waals surface area contributed by atoms with E-state index in [1.54, 1.807) is 0 Å². The number of hydrogen-bond donors (Lipinski definition) is 2. The van der Waals surface area contributed by atoms with E-state index in [9.17, 15) is 9.90 Å². The van der Waals surface area contributed by atoms with Gasteiger partial charge in [0, 0.05) is 19.6 Å². The Labute approximate surface area is 116 Å². The van der Waals surface area contributed by atoms with Crippen molar-refractivity contribution in [1.82, 2.24) is 10.2 Å².